The van der Waals surface area contributed by atoms with E-state index in [0.29, 0.717) is 6.54 Å². The van der Waals surface area contributed by atoms with E-state index >= 15 is 0 Å². The molecule has 1 aliphatic carbocycles. The zero-order chi connectivity index (χ0) is 19.6. The molecule has 3 rings (SSSR count). The van der Waals surface area contributed by atoms with Crippen LogP contribution < -0.4 is 16.0 Å². The molecule has 1 aliphatic heterocycles. The molecule has 162 valence electrons. The summed E-state index contributed by atoms with van der Waals surface area (Å²) >= 11 is 0. The lowest BCUT2D eigenvalue weighted by Crippen LogP contribution is -2.42. The molecule has 2 aliphatic rings. The summed E-state index contributed by atoms with van der Waals surface area (Å²) in [4.78, 5) is 19.4. The van der Waals surface area contributed by atoms with Gasteiger partial charge < -0.3 is 20.9 Å². The molecule has 1 saturated heterocycles. The molecular formula is C22H36IN5O. The van der Waals surface area contributed by atoms with Gasteiger partial charge in [0, 0.05) is 31.2 Å². The molecule has 1 aromatic carbocycles. The third-order valence-electron chi connectivity index (χ3n) is 5.60. The monoisotopic (exact) mass is 513 g/mol. The third-order valence-corrected chi connectivity index (χ3v) is 5.60. The number of anilines is 1. The first kappa shape index (κ1) is 23.9. The van der Waals surface area contributed by atoms with Gasteiger partial charge in [-0.15, -0.1) is 24.0 Å². The molecule has 0 atom stereocenters. The molecule has 0 unspecified atom stereocenters. The molecule has 1 saturated carbocycles. The van der Waals surface area contributed by atoms with Crippen molar-refractivity contribution in [3.8, 4) is 0 Å². The average Bonchev–Trinajstić information content (AvgIpc) is 2.66. The Hall–Kier alpha value is -1.35. The zero-order valence-corrected chi connectivity index (χ0v) is 19.9. The second-order valence-corrected chi connectivity index (χ2v) is 7.84. The Morgan fingerprint density at radius 1 is 1.14 bits per heavy atom. The Morgan fingerprint density at radius 2 is 1.93 bits per heavy atom. The van der Waals surface area contributed by atoms with Crippen LogP contribution in [0, 0.1) is 5.92 Å². The van der Waals surface area contributed by atoms with Crippen LogP contribution in [-0.2, 0) is 11.3 Å². The number of carbonyl (C=O) groups is 1. The summed E-state index contributed by atoms with van der Waals surface area (Å²) in [7, 11) is 0. The lowest BCUT2D eigenvalue weighted by Gasteiger charge is -2.26. The molecule has 2 fully saturated rings. The largest absolute Gasteiger partial charge is 0.357 e. The summed E-state index contributed by atoms with van der Waals surface area (Å²) in [5.74, 6) is 1.20. The van der Waals surface area contributed by atoms with Crippen LogP contribution in [0.5, 0.6) is 0 Å². The van der Waals surface area contributed by atoms with Gasteiger partial charge in [-0.25, -0.2) is 4.99 Å². The minimum atomic E-state index is 0. The highest BCUT2D eigenvalue weighted by molar-refractivity contribution is 14.0. The van der Waals surface area contributed by atoms with E-state index in [-0.39, 0.29) is 35.8 Å². The van der Waals surface area contributed by atoms with Crippen LogP contribution in [0.15, 0.2) is 29.3 Å². The van der Waals surface area contributed by atoms with Crippen LogP contribution in [0.25, 0.3) is 0 Å². The summed E-state index contributed by atoms with van der Waals surface area (Å²) in [6.07, 6.45) is 7.22. The number of nitrogens with one attached hydrogen (secondary N) is 3. The molecule has 7 heteroatoms. The molecule has 0 spiro atoms. The number of benzene rings is 1. The van der Waals surface area contributed by atoms with E-state index in [2.05, 4.69) is 33.8 Å². The normalized spacial score (nSPS) is 17.8. The van der Waals surface area contributed by atoms with Crippen LogP contribution in [0.3, 0.4) is 0 Å². The molecule has 1 heterocycles. The van der Waals surface area contributed by atoms with E-state index in [4.69, 9.17) is 4.99 Å². The van der Waals surface area contributed by atoms with Crippen molar-refractivity contribution in [3.05, 3.63) is 29.8 Å². The first-order valence-corrected chi connectivity index (χ1v) is 10.9. The van der Waals surface area contributed by atoms with E-state index in [9.17, 15) is 4.79 Å². The highest BCUT2D eigenvalue weighted by Gasteiger charge is 2.25. The van der Waals surface area contributed by atoms with Gasteiger partial charge in [0.1, 0.15) is 0 Å². The van der Waals surface area contributed by atoms with Crippen molar-refractivity contribution in [3.63, 3.8) is 0 Å². The fourth-order valence-corrected chi connectivity index (χ4v) is 3.69. The summed E-state index contributed by atoms with van der Waals surface area (Å²) in [5.41, 5.74) is 1.97. The third kappa shape index (κ3) is 8.12. The SMILES string of the molecule is CCNC(=NCc1cccc(NC(=O)C2CCC2)c1)NCCN1CCCCC1.I. The number of likely N-dealkylation sites (tertiary alicyclic amines) is 1. The number of hydrogen-bond acceptors (Lipinski definition) is 3. The summed E-state index contributed by atoms with van der Waals surface area (Å²) < 4.78 is 0. The van der Waals surface area contributed by atoms with Crippen LogP contribution in [0.1, 0.15) is 51.0 Å². The topological polar surface area (TPSA) is 68.8 Å². The first-order valence-electron chi connectivity index (χ1n) is 10.9. The summed E-state index contributed by atoms with van der Waals surface area (Å²) in [6.45, 7) is 7.91. The smallest absolute Gasteiger partial charge is 0.227 e. The number of nitrogens with zero attached hydrogens (tertiary/aromatic N) is 2. The van der Waals surface area contributed by atoms with Crippen LogP contribution in [0.2, 0.25) is 0 Å². The Balaban J connectivity index is 0.00000300. The van der Waals surface area contributed by atoms with E-state index in [1.165, 1.54) is 38.8 Å². The molecule has 1 amide bonds. The van der Waals surface area contributed by atoms with Gasteiger partial charge in [0.15, 0.2) is 5.96 Å². The zero-order valence-electron chi connectivity index (χ0n) is 17.6. The van der Waals surface area contributed by atoms with Gasteiger partial charge in [0.05, 0.1) is 6.54 Å². The van der Waals surface area contributed by atoms with Crippen LogP contribution in [0.4, 0.5) is 5.69 Å². The van der Waals surface area contributed by atoms with E-state index < -0.39 is 0 Å². The maximum Gasteiger partial charge on any atom is 0.227 e. The van der Waals surface area contributed by atoms with E-state index in [1.807, 2.05) is 18.2 Å². The average molecular weight is 513 g/mol. The van der Waals surface area contributed by atoms with Gasteiger partial charge in [-0.2, -0.15) is 0 Å². The van der Waals surface area contributed by atoms with Crippen molar-refractivity contribution in [2.45, 2.75) is 52.0 Å². The van der Waals surface area contributed by atoms with Crippen molar-refractivity contribution in [2.24, 2.45) is 10.9 Å². The standard InChI is InChI=1S/C22H35N5O.HI/c1-2-23-22(24-12-15-27-13-4-3-5-14-27)25-17-18-8-6-11-20(16-18)26-21(28)19-9-7-10-19;/h6,8,11,16,19H,2-5,7,9-10,12-15,17H2,1H3,(H,26,28)(H2,23,24,25);1H. The minimum Gasteiger partial charge on any atom is -0.357 e. The van der Waals surface area contributed by atoms with Gasteiger partial charge in [0.2, 0.25) is 5.91 Å². The predicted octanol–water partition coefficient (Wildman–Crippen LogP) is 3.58. The first-order chi connectivity index (χ1) is 13.7. The Kier molecular flexibility index (Phi) is 10.8. The fraction of sp³-hybridized carbons (Fsp3) is 0.636. The lowest BCUT2D eigenvalue weighted by atomic mass is 9.85. The number of hydrogen-bond donors (Lipinski definition) is 3. The number of piperidine rings is 1. The molecular weight excluding hydrogens is 477 g/mol. The second-order valence-electron chi connectivity index (χ2n) is 7.84. The number of guanidine groups is 1. The molecule has 3 N–H and O–H groups in total. The number of rotatable bonds is 8. The minimum absolute atomic E-state index is 0. The molecule has 0 aromatic heterocycles. The number of halogens is 1. The van der Waals surface area contributed by atoms with Crippen molar-refractivity contribution >= 4 is 41.5 Å². The van der Waals surface area contributed by atoms with E-state index in [1.54, 1.807) is 0 Å². The van der Waals surface area contributed by atoms with Crippen molar-refractivity contribution in [2.75, 3.05) is 38.0 Å². The fourth-order valence-electron chi connectivity index (χ4n) is 3.69. The summed E-state index contributed by atoms with van der Waals surface area (Å²) in [5, 5.41) is 9.80. The molecule has 6 nitrogen and oxygen atoms in total. The van der Waals surface area contributed by atoms with Crippen LogP contribution >= 0.6 is 24.0 Å². The molecule has 0 bridgehead atoms. The van der Waals surface area contributed by atoms with Gasteiger partial charge in [-0.05, 0) is 63.4 Å². The highest BCUT2D eigenvalue weighted by Crippen LogP contribution is 2.27. The molecule has 29 heavy (non-hydrogen) atoms. The van der Waals surface area contributed by atoms with Gasteiger partial charge in [0.25, 0.3) is 0 Å². The molecule has 0 radical (unpaired) electrons. The quantitative estimate of drug-likeness (QED) is 0.283. The maximum atomic E-state index is 12.1. The van der Waals surface area contributed by atoms with E-state index in [0.717, 1.165) is 49.7 Å². The van der Waals surface area contributed by atoms with Gasteiger partial charge in [-0.1, -0.05) is 25.0 Å². The highest BCUT2D eigenvalue weighted by atomic mass is 127. The summed E-state index contributed by atoms with van der Waals surface area (Å²) in [6, 6.07) is 8.01. The number of aliphatic imine (C=N–C) groups is 1. The lowest BCUT2D eigenvalue weighted by molar-refractivity contribution is -0.122. The predicted molar refractivity (Wildman–Crippen MR) is 131 cm³/mol. The second kappa shape index (κ2) is 13.1. The van der Waals surface area contributed by atoms with Crippen LogP contribution in [-0.4, -0.2) is 49.5 Å². The van der Waals surface area contributed by atoms with Crippen molar-refractivity contribution in [1.29, 1.82) is 0 Å². The maximum absolute atomic E-state index is 12.1. The van der Waals surface area contributed by atoms with Gasteiger partial charge >= 0.3 is 0 Å². The van der Waals surface area contributed by atoms with Crippen molar-refractivity contribution < 1.29 is 4.79 Å². The number of amides is 1. The Morgan fingerprint density at radius 3 is 2.62 bits per heavy atom. The Bertz CT molecular complexity index is 656. The van der Waals surface area contributed by atoms with Gasteiger partial charge in [-0.3, -0.25) is 4.79 Å². The molecule has 1 aromatic rings. The Labute approximate surface area is 192 Å². The number of carbonyl (C=O) groups excluding carboxylic acids is 1. The van der Waals surface area contributed by atoms with Crippen molar-refractivity contribution in [1.82, 2.24) is 15.5 Å².